The topological polar surface area (TPSA) is 107 Å². The van der Waals surface area contributed by atoms with Crippen LogP contribution < -0.4 is 0 Å². The van der Waals surface area contributed by atoms with Gasteiger partial charge in [0.05, 0.1) is 6.61 Å². The fourth-order valence-corrected chi connectivity index (χ4v) is 2.11. The number of carbonyl (C=O) groups excluding carboxylic acids is 3. The molecule has 0 aromatic heterocycles. The highest BCUT2D eigenvalue weighted by Crippen LogP contribution is 2.18. The summed E-state index contributed by atoms with van der Waals surface area (Å²) in [6, 6.07) is 0. The predicted octanol–water partition coefficient (Wildman–Crippen LogP) is 0.0893. The molecule has 9 heteroatoms. The van der Waals surface area contributed by atoms with Crippen LogP contribution in [0.3, 0.4) is 0 Å². The Morgan fingerprint density at radius 3 is 1.67 bits per heavy atom. The fraction of sp³-hybridized carbons (Fsp3) is 0.800. The third-order valence-corrected chi connectivity index (χ3v) is 3.03. The van der Waals surface area contributed by atoms with Crippen molar-refractivity contribution in [2.24, 2.45) is 0 Å². The lowest BCUT2D eigenvalue weighted by Crippen LogP contribution is -2.52. The maximum absolute atomic E-state index is 11.5. The second-order valence-electron chi connectivity index (χ2n) is 4.95. The lowest BCUT2D eigenvalue weighted by atomic mass is 10.0. The smallest absolute Gasteiger partial charge is 0.303 e. The van der Waals surface area contributed by atoms with Gasteiger partial charge in [0.2, 0.25) is 0 Å². The van der Waals surface area contributed by atoms with Gasteiger partial charge < -0.3 is 28.4 Å². The van der Waals surface area contributed by atoms with E-state index in [0.29, 0.717) is 0 Å². The van der Waals surface area contributed by atoms with Gasteiger partial charge in [0.15, 0.2) is 12.2 Å². The van der Waals surface area contributed by atoms with Crippen molar-refractivity contribution in [1.82, 2.24) is 0 Å². The first kappa shape index (κ1) is 22.3. The van der Waals surface area contributed by atoms with E-state index >= 15 is 0 Å². The van der Waals surface area contributed by atoms with Crippen LogP contribution in [0.4, 0.5) is 0 Å². The van der Waals surface area contributed by atoms with Crippen LogP contribution in [0.2, 0.25) is 0 Å². The van der Waals surface area contributed by atoms with Gasteiger partial charge in [-0.05, 0) is 0 Å². The molecule has 0 saturated heterocycles. The lowest BCUT2D eigenvalue weighted by molar-refractivity contribution is -0.194. The van der Waals surface area contributed by atoms with Crippen LogP contribution in [0, 0.1) is 0 Å². The molecule has 0 fully saturated rings. The van der Waals surface area contributed by atoms with Gasteiger partial charge in [0.25, 0.3) is 0 Å². The van der Waals surface area contributed by atoms with Crippen molar-refractivity contribution >= 4 is 17.9 Å². The Balaban J connectivity index is 5.46. The summed E-state index contributed by atoms with van der Waals surface area (Å²) >= 11 is 0. The summed E-state index contributed by atoms with van der Waals surface area (Å²) in [5.41, 5.74) is 0. The van der Waals surface area contributed by atoms with Crippen molar-refractivity contribution in [3.8, 4) is 0 Å². The number of hydrogen-bond acceptors (Lipinski definition) is 9. The highest BCUT2D eigenvalue weighted by Gasteiger charge is 2.40. The molecule has 0 rings (SSSR count). The number of rotatable bonds is 11. The van der Waals surface area contributed by atoms with Crippen molar-refractivity contribution in [3.05, 3.63) is 0 Å². The highest BCUT2D eigenvalue weighted by molar-refractivity contribution is 5.67. The first-order valence-corrected chi connectivity index (χ1v) is 7.29. The minimum atomic E-state index is -0.989. The number of esters is 3. The zero-order valence-corrected chi connectivity index (χ0v) is 14.9. The highest BCUT2D eigenvalue weighted by atomic mass is 16.6. The SMILES string of the molecule is COCC(OC(C)=O)C(OC)C(OC(C)=O)C(COC(C)=O)OC. The molecule has 0 aliphatic carbocycles. The van der Waals surface area contributed by atoms with Gasteiger partial charge in [-0.25, -0.2) is 0 Å². The summed E-state index contributed by atoms with van der Waals surface area (Å²) in [6.07, 6.45) is -3.55. The Hall–Kier alpha value is -1.71. The minimum absolute atomic E-state index is 0.0137. The van der Waals surface area contributed by atoms with Crippen molar-refractivity contribution in [1.29, 1.82) is 0 Å². The van der Waals surface area contributed by atoms with Gasteiger partial charge in [0.1, 0.15) is 18.8 Å². The Kier molecular flexibility index (Phi) is 10.9. The molecule has 0 bridgehead atoms. The second-order valence-corrected chi connectivity index (χ2v) is 4.95. The number of methoxy groups -OCH3 is 3. The van der Waals surface area contributed by atoms with Gasteiger partial charge in [-0.3, -0.25) is 14.4 Å². The van der Waals surface area contributed by atoms with Crippen LogP contribution in [-0.2, 0) is 42.8 Å². The van der Waals surface area contributed by atoms with Crippen LogP contribution in [0.15, 0.2) is 0 Å². The predicted molar refractivity (Wildman–Crippen MR) is 81.2 cm³/mol. The summed E-state index contributed by atoms with van der Waals surface area (Å²) < 4.78 is 31.0. The molecule has 0 amide bonds. The minimum Gasteiger partial charge on any atom is -0.463 e. The maximum atomic E-state index is 11.5. The molecule has 0 saturated carbocycles. The average molecular weight is 350 g/mol. The second kappa shape index (κ2) is 11.8. The molecule has 0 aliphatic rings. The van der Waals surface area contributed by atoms with Gasteiger partial charge >= 0.3 is 17.9 Å². The first-order valence-electron chi connectivity index (χ1n) is 7.29. The summed E-state index contributed by atoms with van der Waals surface area (Å²) in [5, 5.41) is 0. The molecular weight excluding hydrogens is 324 g/mol. The average Bonchev–Trinajstić information content (AvgIpc) is 2.47. The molecule has 4 atom stereocenters. The first-order chi connectivity index (χ1) is 11.3. The normalized spacial score (nSPS) is 15.8. The van der Waals surface area contributed by atoms with E-state index in [0.717, 1.165) is 0 Å². The summed E-state index contributed by atoms with van der Waals surface area (Å²) in [6.45, 7) is 3.55. The number of hydrogen-bond donors (Lipinski definition) is 0. The zero-order valence-electron chi connectivity index (χ0n) is 14.9. The van der Waals surface area contributed by atoms with E-state index in [1.807, 2.05) is 0 Å². The van der Waals surface area contributed by atoms with Gasteiger partial charge in [0, 0.05) is 42.1 Å². The van der Waals surface area contributed by atoms with Crippen molar-refractivity contribution in [2.45, 2.75) is 45.2 Å². The van der Waals surface area contributed by atoms with E-state index in [1.54, 1.807) is 0 Å². The van der Waals surface area contributed by atoms with Crippen LogP contribution >= 0.6 is 0 Å². The fourth-order valence-electron chi connectivity index (χ4n) is 2.11. The summed E-state index contributed by atoms with van der Waals surface area (Å²) in [7, 11) is 4.16. The van der Waals surface area contributed by atoms with Crippen LogP contribution in [0.5, 0.6) is 0 Å². The van der Waals surface area contributed by atoms with Gasteiger partial charge in [-0.1, -0.05) is 0 Å². The zero-order chi connectivity index (χ0) is 18.7. The quantitative estimate of drug-likeness (QED) is 0.378. The number of carbonyl (C=O) groups is 3. The van der Waals surface area contributed by atoms with Crippen molar-refractivity contribution < 1.29 is 42.8 Å². The molecule has 24 heavy (non-hydrogen) atoms. The Morgan fingerprint density at radius 1 is 0.708 bits per heavy atom. The Labute approximate surface area is 141 Å². The van der Waals surface area contributed by atoms with Crippen molar-refractivity contribution in [2.75, 3.05) is 34.5 Å². The molecule has 0 aliphatic heterocycles. The van der Waals surface area contributed by atoms with E-state index in [1.165, 1.54) is 42.1 Å². The van der Waals surface area contributed by atoms with Gasteiger partial charge in [-0.15, -0.1) is 0 Å². The molecular formula is C15H26O9. The van der Waals surface area contributed by atoms with Crippen LogP contribution in [0.25, 0.3) is 0 Å². The molecule has 0 aromatic carbocycles. The van der Waals surface area contributed by atoms with Gasteiger partial charge in [-0.2, -0.15) is 0 Å². The standard InChI is InChI=1S/C15H26O9/c1-9(16)22-8-12(20-5)15(24-11(3)18)14(21-6)13(7-19-4)23-10(2)17/h12-15H,7-8H2,1-6H3. The van der Waals surface area contributed by atoms with E-state index in [9.17, 15) is 14.4 Å². The molecule has 140 valence electrons. The molecule has 4 unspecified atom stereocenters. The third kappa shape index (κ3) is 8.23. The van der Waals surface area contributed by atoms with E-state index in [4.69, 9.17) is 28.4 Å². The van der Waals surface area contributed by atoms with Crippen molar-refractivity contribution in [3.63, 3.8) is 0 Å². The largest absolute Gasteiger partial charge is 0.463 e. The third-order valence-electron chi connectivity index (χ3n) is 3.03. The Morgan fingerprint density at radius 2 is 1.29 bits per heavy atom. The molecule has 0 aromatic rings. The summed E-state index contributed by atoms with van der Waals surface area (Å²) in [5.74, 6) is -1.65. The monoisotopic (exact) mass is 350 g/mol. The Bertz CT molecular complexity index is 410. The molecule has 9 nitrogen and oxygen atoms in total. The molecule has 0 heterocycles. The van der Waals surface area contributed by atoms with Crippen LogP contribution in [-0.4, -0.2) is 76.9 Å². The van der Waals surface area contributed by atoms with E-state index in [2.05, 4.69) is 0 Å². The number of ether oxygens (including phenoxy) is 6. The van der Waals surface area contributed by atoms with E-state index < -0.39 is 42.3 Å². The summed E-state index contributed by atoms with van der Waals surface area (Å²) in [4.78, 5) is 33.8. The van der Waals surface area contributed by atoms with Crippen LogP contribution in [0.1, 0.15) is 20.8 Å². The maximum Gasteiger partial charge on any atom is 0.303 e. The molecule has 0 N–H and O–H groups in total. The van der Waals surface area contributed by atoms with E-state index in [-0.39, 0.29) is 13.2 Å². The molecule has 0 radical (unpaired) electrons. The molecule has 0 spiro atoms. The lowest BCUT2D eigenvalue weighted by Gasteiger charge is -2.34.